The number of ether oxygens (including phenoxy) is 2. The fourth-order valence-corrected chi connectivity index (χ4v) is 3.54. The molecular formula is C17H24N2O6. The highest BCUT2D eigenvalue weighted by Crippen LogP contribution is 2.40. The number of aliphatic carboxylic acids is 1. The van der Waals surface area contributed by atoms with Crippen LogP contribution in [-0.4, -0.2) is 76.9 Å². The molecule has 0 aromatic carbocycles. The van der Waals surface area contributed by atoms with Crippen molar-refractivity contribution in [2.24, 2.45) is 11.8 Å². The van der Waals surface area contributed by atoms with E-state index in [1.807, 2.05) is 0 Å². The first-order valence-electron chi connectivity index (χ1n) is 8.51. The molecule has 25 heavy (non-hydrogen) atoms. The van der Waals surface area contributed by atoms with Gasteiger partial charge in [0.1, 0.15) is 11.5 Å². The molecule has 0 aromatic heterocycles. The van der Waals surface area contributed by atoms with E-state index in [4.69, 9.17) is 9.47 Å². The van der Waals surface area contributed by atoms with E-state index >= 15 is 0 Å². The van der Waals surface area contributed by atoms with Gasteiger partial charge in [0.15, 0.2) is 0 Å². The number of carbonyl (C=O) groups is 3. The Morgan fingerprint density at radius 1 is 1.00 bits per heavy atom. The van der Waals surface area contributed by atoms with E-state index in [0.717, 1.165) is 0 Å². The number of fused-ring (bicyclic) bond motifs is 2. The summed E-state index contributed by atoms with van der Waals surface area (Å²) < 4.78 is 10.9. The largest absolute Gasteiger partial charge is 0.481 e. The van der Waals surface area contributed by atoms with Gasteiger partial charge in [0.05, 0.1) is 18.1 Å². The SMILES string of the molecule is CC(C)(C)OC(=O)N1CCN(C(=O)C2C3C=CC(O3)C2C(=O)O)CC1. The lowest BCUT2D eigenvalue weighted by Crippen LogP contribution is -2.54. The molecule has 0 aromatic rings. The maximum absolute atomic E-state index is 12.8. The fourth-order valence-electron chi connectivity index (χ4n) is 3.54. The summed E-state index contributed by atoms with van der Waals surface area (Å²) in [6.07, 6.45) is 2.09. The second kappa shape index (κ2) is 6.33. The monoisotopic (exact) mass is 352 g/mol. The van der Waals surface area contributed by atoms with Crippen molar-refractivity contribution < 1.29 is 29.0 Å². The van der Waals surface area contributed by atoms with Crippen LogP contribution in [0.25, 0.3) is 0 Å². The van der Waals surface area contributed by atoms with E-state index in [1.54, 1.807) is 42.7 Å². The molecule has 0 aliphatic carbocycles. The zero-order chi connectivity index (χ0) is 18.4. The molecule has 2 fully saturated rings. The number of hydrogen-bond acceptors (Lipinski definition) is 5. The van der Waals surface area contributed by atoms with Crippen molar-refractivity contribution in [3.05, 3.63) is 12.2 Å². The molecule has 0 spiro atoms. The Labute approximate surface area is 146 Å². The molecule has 8 nitrogen and oxygen atoms in total. The van der Waals surface area contributed by atoms with Crippen LogP contribution < -0.4 is 0 Å². The Morgan fingerprint density at radius 3 is 2.04 bits per heavy atom. The maximum atomic E-state index is 12.8. The minimum atomic E-state index is -1.01. The highest BCUT2D eigenvalue weighted by molar-refractivity contribution is 5.87. The van der Waals surface area contributed by atoms with Gasteiger partial charge in [-0.1, -0.05) is 12.2 Å². The van der Waals surface area contributed by atoms with E-state index < -0.39 is 41.7 Å². The molecule has 2 saturated heterocycles. The van der Waals surface area contributed by atoms with Crippen molar-refractivity contribution in [1.29, 1.82) is 0 Å². The zero-order valence-corrected chi connectivity index (χ0v) is 14.7. The number of carboxylic acid groups (broad SMARTS) is 1. The lowest BCUT2D eigenvalue weighted by atomic mass is 9.82. The Hall–Kier alpha value is -2.09. The van der Waals surface area contributed by atoms with Crippen LogP contribution >= 0.6 is 0 Å². The summed E-state index contributed by atoms with van der Waals surface area (Å²) in [7, 11) is 0. The molecule has 2 amide bonds. The first kappa shape index (κ1) is 17.7. The van der Waals surface area contributed by atoms with Crippen molar-refractivity contribution in [2.75, 3.05) is 26.2 Å². The first-order chi connectivity index (χ1) is 11.7. The van der Waals surface area contributed by atoms with Gasteiger partial charge >= 0.3 is 12.1 Å². The quantitative estimate of drug-likeness (QED) is 0.736. The number of carbonyl (C=O) groups excluding carboxylic acids is 2. The number of carboxylic acids is 1. The highest BCUT2D eigenvalue weighted by atomic mass is 16.6. The molecule has 0 saturated carbocycles. The topological polar surface area (TPSA) is 96.4 Å². The van der Waals surface area contributed by atoms with Gasteiger partial charge in [-0.25, -0.2) is 4.79 Å². The molecule has 138 valence electrons. The number of hydrogen-bond donors (Lipinski definition) is 1. The van der Waals surface area contributed by atoms with Crippen LogP contribution in [0.4, 0.5) is 4.79 Å². The summed E-state index contributed by atoms with van der Waals surface area (Å²) in [5, 5.41) is 9.42. The van der Waals surface area contributed by atoms with E-state index in [1.165, 1.54) is 0 Å². The van der Waals surface area contributed by atoms with Gasteiger partial charge in [0.2, 0.25) is 5.91 Å². The summed E-state index contributed by atoms with van der Waals surface area (Å²) in [5.41, 5.74) is -0.564. The van der Waals surface area contributed by atoms with Gasteiger partial charge in [-0.15, -0.1) is 0 Å². The minimum absolute atomic E-state index is 0.215. The maximum Gasteiger partial charge on any atom is 0.410 e. The van der Waals surface area contributed by atoms with Crippen molar-refractivity contribution >= 4 is 18.0 Å². The standard InChI is InChI=1S/C17H24N2O6/c1-17(2,3)25-16(23)19-8-6-18(7-9-19)14(20)12-10-4-5-11(24-10)13(12)15(21)22/h4-5,10-13H,6-9H2,1-3H3,(H,21,22). The third kappa shape index (κ3) is 3.49. The minimum Gasteiger partial charge on any atom is -0.481 e. The van der Waals surface area contributed by atoms with E-state index in [0.29, 0.717) is 26.2 Å². The van der Waals surface area contributed by atoms with Crippen LogP contribution in [0.3, 0.4) is 0 Å². The Balaban J connectivity index is 1.60. The number of rotatable bonds is 2. The van der Waals surface area contributed by atoms with Crippen LogP contribution in [-0.2, 0) is 19.1 Å². The van der Waals surface area contributed by atoms with Gasteiger partial charge in [-0.3, -0.25) is 9.59 Å². The predicted octanol–water partition coefficient (Wildman–Crippen LogP) is 0.720. The lowest BCUT2D eigenvalue weighted by molar-refractivity contribution is -0.150. The van der Waals surface area contributed by atoms with Gasteiger partial charge < -0.3 is 24.4 Å². The molecule has 0 radical (unpaired) electrons. The third-order valence-electron chi connectivity index (χ3n) is 4.71. The van der Waals surface area contributed by atoms with Crippen LogP contribution in [0.2, 0.25) is 0 Å². The first-order valence-corrected chi connectivity index (χ1v) is 8.51. The molecular weight excluding hydrogens is 328 g/mol. The third-order valence-corrected chi connectivity index (χ3v) is 4.71. The van der Waals surface area contributed by atoms with E-state index in [-0.39, 0.29) is 5.91 Å². The molecule has 3 rings (SSSR count). The van der Waals surface area contributed by atoms with Gasteiger partial charge in [0, 0.05) is 26.2 Å². The summed E-state index contributed by atoms with van der Waals surface area (Å²) in [4.78, 5) is 39.6. The van der Waals surface area contributed by atoms with E-state index in [9.17, 15) is 19.5 Å². The van der Waals surface area contributed by atoms with Crippen LogP contribution in [0, 0.1) is 11.8 Å². The Morgan fingerprint density at radius 2 is 1.52 bits per heavy atom. The molecule has 4 unspecified atom stereocenters. The summed E-state index contributed by atoms with van der Waals surface area (Å²) in [5.74, 6) is -2.76. The second-order valence-electron chi connectivity index (χ2n) is 7.63. The molecule has 3 aliphatic heterocycles. The van der Waals surface area contributed by atoms with Crippen LogP contribution in [0.15, 0.2) is 12.2 Å². The van der Waals surface area contributed by atoms with Crippen molar-refractivity contribution in [2.45, 2.75) is 38.6 Å². The molecule has 4 atom stereocenters. The van der Waals surface area contributed by atoms with Gasteiger partial charge in [-0.2, -0.15) is 0 Å². The highest BCUT2D eigenvalue weighted by Gasteiger charge is 2.54. The summed E-state index contributed by atoms with van der Waals surface area (Å²) in [6.45, 7) is 6.88. The van der Waals surface area contributed by atoms with Crippen LogP contribution in [0.5, 0.6) is 0 Å². The van der Waals surface area contributed by atoms with Crippen molar-refractivity contribution in [3.8, 4) is 0 Å². The van der Waals surface area contributed by atoms with Crippen LogP contribution in [0.1, 0.15) is 20.8 Å². The predicted molar refractivity (Wildman–Crippen MR) is 86.8 cm³/mol. The lowest BCUT2D eigenvalue weighted by Gasteiger charge is -2.37. The molecule has 3 heterocycles. The smallest absolute Gasteiger partial charge is 0.410 e. The number of piperazine rings is 1. The number of nitrogens with zero attached hydrogens (tertiary/aromatic N) is 2. The molecule has 2 bridgehead atoms. The van der Waals surface area contributed by atoms with Gasteiger partial charge in [-0.05, 0) is 20.8 Å². The summed E-state index contributed by atoms with van der Waals surface area (Å²) in [6, 6.07) is 0. The van der Waals surface area contributed by atoms with E-state index in [2.05, 4.69) is 0 Å². The number of amides is 2. The zero-order valence-electron chi connectivity index (χ0n) is 14.7. The fraction of sp³-hybridized carbons (Fsp3) is 0.706. The molecule has 1 N–H and O–H groups in total. The molecule has 8 heteroatoms. The van der Waals surface area contributed by atoms with Gasteiger partial charge in [0.25, 0.3) is 0 Å². The summed E-state index contributed by atoms with van der Waals surface area (Å²) >= 11 is 0. The average Bonchev–Trinajstić information content (AvgIpc) is 3.13. The van der Waals surface area contributed by atoms with Crippen molar-refractivity contribution in [3.63, 3.8) is 0 Å². The average molecular weight is 352 g/mol. The molecule has 3 aliphatic rings. The second-order valence-corrected chi connectivity index (χ2v) is 7.63. The Kier molecular flexibility index (Phi) is 4.49. The Bertz CT molecular complexity index is 603. The normalized spacial score (nSPS) is 31.3. The van der Waals surface area contributed by atoms with Crippen molar-refractivity contribution in [1.82, 2.24) is 9.80 Å².